The van der Waals surface area contributed by atoms with Crippen molar-refractivity contribution >= 4 is 29.2 Å². The number of aryl methyl sites for hydroxylation is 1. The van der Waals surface area contributed by atoms with Crippen LogP contribution in [0.25, 0.3) is 0 Å². The van der Waals surface area contributed by atoms with Gasteiger partial charge in [-0.05, 0) is 56.7 Å². The van der Waals surface area contributed by atoms with Crippen LogP contribution in [0.1, 0.15) is 69.1 Å². The first-order chi connectivity index (χ1) is 17.6. The minimum atomic E-state index is -4.30. The van der Waals surface area contributed by atoms with Gasteiger partial charge >= 0.3 is 18.2 Å². The highest BCUT2D eigenvalue weighted by atomic mass is 19.4. The zero-order chi connectivity index (χ0) is 26.6. The lowest BCUT2D eigenvalue weighted by molar-refractivity contribution is -0.144. The number of esters is 1. The summed E-state index contributed by atoms with van der Waals surface area (Å²) in [6.45, 7) is 3.53. The average molecular weight is 523 g/mol. The fraction of sp³-hybridized carbons (Fsp3) is 0.577. The number of carbonyl (C=O) groups is 2. The molecular weight excluding hydrogens is 489 g/mol. The van der Waals surface area contributed by atoms with Crippen LogP contribution in [0.2, 0.25) is 0 Å². The highest BCUT2D eigenvalue weighted by molar-refractivity contribution is 6.01. The Kier molecular flexibility index (Phi) is 8.29. The van der Waals surface area contributed by atoms with Gasteiger partial charge in [-0.1, -0.05) is 30.5 Å². The summed E-state index contributed by atoms with van der Waals surface area (Å²) >= 11 is 0. The van der Waals surface area contributed by atoms with E-state index in [0.29, 0.717) is 30.2 Å². The number of rotatable bonds is 9. The van der Waals surface area contributed by atoms with E-state index in [-0.39, 0.29) is 36.2 Å². The molecule has 2 N–H and O–H groups in total. The predicted molar refractivity (Wildman–Crippen MR) is 133 cm³/mol. The average Bonchev–Trinajstić information content (AvgIpc) is 3.55. The van der Waals surface area contributed by atoms with E-state index in [9.17, 15) is 22.8 Å². The molecule has 0 radical (unpaired) electrons. The molecular formula is C26H33F3N4O4. The maximum Gasteiger partial charge on any atom is 0.390 e. The predicted octanol–water partition coefficient (Wildman–Crippen LogP) is 6.39. The Morgan fingerprint density at radius 2 is 1.92 bits per heavy atom. The molecule has 0 aliphatic heterocycles. The van der Waals surface area contributed by atoms with Crippen molar-refractivity contribution in [3.05, 3.63) is 35.6 Å². The van der Waals surface area contributed by atoms with Crippen molar-refractivity contribution in [1.82, 2.24) is 5.16 Å². The van der Waals surface area contributed by atoms with Gasteiger partial charge in [-0.3, -0.25) is 10.1 Å². The summed E-state index contributed by atoms with van der Waals surface area (Å²) < 4.78 is 49.9. The number of alkyl halides is 3. The summed E-state index contributed by atoms with van der Waals surface area (Å²) in [6.07, 6.45) is -0.0978. The molecule has 0 saturated heterocycles. The van der Waals surface area contributed by atoms with Crippen LogP contribution in [0.3, 0.4) is 0 Å². The molecule has 0 unspecified atom stereocenters. The van der Waals surface area contributed by atoms with Crippen molar-refractivity contribution < 1.29 is 32.0 Å². The van der Waals surface area contributed by atoms with E-state index in [4.69, 9.17) is 9.26 Å². The molecule has 8 nitrogen and oxygen atoms in total. The molecule has 202 valence electrons. The van der Waals surface area contributed by atoms with Gasteiger partial charge < -0.3 is 19.5 Å². The molecule has 4 rings (SSSR count). The monoisotopic (exact) mass is 522 g/mol. The summed E-state index contributed by atoms with van der Waals surface area (Å²) in [5.41, 5.74) is 1.74. The Labute approximate surface area is 213 Å². The molecule has 2 aliphatic carbocycles. The zero-order valence-corrected chi connectivity index (χ0v) is 21.1. The molecule has 1 aromatic carbocycles. The van der Waals surface area contributed by atoms with Gasteiger partial charge in [0.25, 0.3) is 0 Å². The zero-order valence-electron chi connectivity index (χ0n) is 21.1. The van der Waals surface area contributed by atoms with Gasteiger partial charge in [0.1, 0.15) is 5.76 Å². The number of aromatic nitrogens is 1. The lowest BCUT2D eigenvalue weighted by Gasteiger charge is -2.37. The third-order valence-corrected chi connectivity index (χ3v) is 6.91. The van der Waals surface area contributed by atoms with E-state index < -0.39 is 18.6 Å². The van der Waals surface area contributed by atoms with Gasteiger partial charge in [0.05, 0.1) is 30.3 Å². The standard InChI is InChI=1S/C26H33F3N4O4/c1-3-36-24(34)20-15-19(20)17-9-10-22(21(14-17)30-25(35)31-23-13-16(2)37-32-23)33(12-11-26(27,28)29)18-7-5-4-6-8-18/h9-10,13-14,18-20H,3-8,11-12,15H2,1-2H3,(H2,30,31,32,35)/t19-,20-/m1/s1. The minimum Gasteiger partial charge on any atom is -0.466 e. The molecule has 1 aromatic heterocycles. The van der Waals surface area contributed by atoms with Gasteiger partial charge in [0, 0.05) is 18.7 Å². The molecule has 2 aliphatic rings. The Hall–Kier alpha value is -3.24. The maximum atomic E-state index is 13.2. The summed E-state index contributed by atoms with van der Waals surface area (Å²) in [5, 5.41) is 9.15. The number of carbonyl (C=O) groups excluding carboxylic acids is 2. The SMILES string of the molecule is CCOC(=O)[C@@H]1C[C@@H]1c1ccc(N(CCC(F)(F)F)C2CCCCC2)c(NC(=O)Nc2cc(C)on2)c1. The first-order valence-corrected chi connectivity index (χ1v) is 12.8. The lowest BCUT2D eigenvalue weighted by atomic mass is 9.93. The van der Waals surface area contributed by atoms with Crippen molar-refractivity contribution in [2.45, 2.75) is 76.9 Å². The molecule has 37 heavy (non-hydrogen) atoms. The van der Waals surface area contributed by atoms with Gasteiger partial charge in [0.2, 0.25) is 0 Å². The van der Waals surface area contributed by atoms with Crippen molar-refractivity contribution in [1.29, 1.82) is 0 Å². The Bertz CT molecular complexity index is 1100. The smallest absolute Gasteiger partial charge is 0.390 e. The van der Waals surface area contributed by atoms with E-state index in [0.717, 1.165) is 37.7 Å². The van der Waals surface area contributed by atoms with Gasteiger partial charge in [0.15, 0.2) is 5.82 Å². The second kappa shape index (κ2) is 11.4. The van der Waals surface area contributed by atoms with Crippen LogP contribution in [0, 0.1) is 12.8 Å². The molecule has 0 spiro atoms. The van der Waals surface area contributed by atoms with E-state index in [1.807, 2.05) is 6.07 Å². The molecule has 2 aromatic rings. The molecule has 2 atom stereocenters. The van der Waals surface area contributed by atoms with Crippen molar-refractivity contribution in [3.8, 4) is 0 Å². The van der Waals surface area contributed by atoms with Gasteiger partial charge in [-0.15, -0.1) is 0 Å². The maximum absolute atomic E-state index is 13.2. The van der Waals surface area contributed by atoms with E-state index in [2.05, 4.69) is 15.8 Å². The molecule has 1 heterocycles. The number of hydrogen-bond donors (Lipinski definition) is 2. The van der Waals surface area contributed by atoms with Crippen LogP contribution in [0.5, 0.6) is 0 Å². The van der Waals surface area contributed by atoms with Crippen LogP contribution >= 0.6 is 0 Å². The van der Waals surface area contributed by atoms with Crippen LogP contribution in [0.4, 0.5) is 35.2 Å². The first kappa shape index (κ1) is 26.8. The number of anilines is 3. The van der Waals surface area contributed by atoms with Gasteiger partial charge in [-0.25, -0.2) is 4.79 Å². The Balaban J connectivity index is 1.63. The topological polar surface area (TPSA) is 96.7 Å². The van der Waals surface area contributed by atoms with Crippen LogP contribution in [0.15, 0.2) is 28.8 Å². The van der Waals surface area contributed by atoms with Crippen molar-refractivity contribution in [2.24, 2.45) is 5.92 Å². The highest BCUT2D eigenvalue weighted by Gasteiger charge is 2.45. The number of hydrogen-bond acceptors (Lipinski definition) is 6. The number of urea groups is 1. The summed E-state index contributed by atoms with van der Waals surface area (Å²) in [4.78, 5) is 26.8. The van der Waals surface area contributed by atoms with E-state index in [1.54, 1.807) is 36.9 Å². The largest absolute Gasteiger partial charge is 0.466 e. The number of nitrogens with one attached hydrogen (secondary N) is 2. The number of ether oxygens (including phenoxy) is 1. The normalized spacial score (nSPS) is 19.8. The van der Waals surface area contributed by atoms with Crippen molar-refractivity contribution in [2.75, 3.05) is 28.7 Å². The number of nitrogens with zero attached hydrogens (tertiary/aromatic N) is 2. The molecule has 2 saturated carbocycles. The third kappa shape index (κ3) is 7.17. The quantitative estimate of drug-likeness (QED) is 0.371. The Morgan fingerprint density at radius 1 is 1.16 bits per heavy atom. The fourth-order valence-corrected chi connectivity index (χ4v) is 5.04. The van der Waals surface area contributed by atoms with E-state index in [1.165, 1.54) is 0 Å². The summed E-state index contributed by atoms with van der Waals surface area (Å²) in [5.74, 6) is 0.156. The van der Waals surface area contributed by atoms with Crippen molar-refractivity contribution in [3.63, 3.8) is 0 Å². The molecule has 2 fully saturated rings. The molecule has 11 heteroatoms. The van der Waals surface area contributed by atoms with Crippen LogP contribution < -0.4 is 15.5 Å². The Morgan fingerprint density at radius 3 is 2.57 bits per heavy atom. The number of amides is 2. The lowest BCUT2D eigenvalue weighted by Crippen LogP contribution is -2.39. The second-order valence-electron chi connectivity index (χ2n) is 9.73. The summed E-state index contributed by atoms with van der Waals surface area (Å²) in [7, 11) is 0. The van der Waals surface area contributed by atoms with E-state index >= 15 is 0 Å². The minimum absolute atomic E-state index is 0.0584. The third-order valence-electron chi connectivity index (χ3n) is 6.91. The number of benzene rings is 1. The van der Waals surface area contributed by atoms with Crippen LogP contribution in [-0.2, 0) is 9.53 Å². The molecule has 0 bridgehead atoms. The fourth-order valence-electron chi connectivity index (χ4n) is 5.04. The highest BCUT2D eigenvalue weighted by Crippen LogP contribution is 2.49. The van der Waals surface area contributed by atoms with Gasteiger partial charge in [-0.2, -0.15) is 13.2 Å². The summed E-state index contributed by atoms with van der Waals surface area (Å²) in [6, 6.07) is 6.27. The second-order valence-corrected chi connectivity index (χ2v) is 9.73. The molecule has 2 amide bonds. The number of halogens is 3. The van der Waals surface area contributed by atoms with Crippen LogP contribution in [-0.4, -0.2) is 42.5 Å². The first-order valence-electron chi connectivity index (χ1n) is 12.8.